The zero-order valence-corrected chi connectivity index (χ0v) is 18.6. The predicted molar refractivity (Wildman–Crippen MR) is 118 cm³/mol. The first-order valence-corrected chi connectivity index (χ1v) is 10.9. The van der Waals surface area contributed by atoms with Gasteiger partial charge in [0.2, 0.25) is 5.91 Å². The first-order valence-electron chi connectivity index (χ1n) is 10.9. The standard InChI is InChI=1S/C24H22FN3O6/c1-3-24(33)16-5-19-21-12(8-28(19)22(31)15(16)10-34-23(24)32)4-13-14(7-26-20(30)9-29)11(2)17(25)6-18(13)27-21/h4-6,29,33H,3,7-10H2,1-2H3,(H,26,30)/t24-/m0/s1. The molecule has 1 amide bonds. The number of aromatic nitrogens is 2. The number of amides is 1. The predicted octanol–water partition coefficient (Wildman–Crippen LogP) is 1.14. The van der Waals surface area contributed by atoms with Gasteiger partial charge in [0.05, 0.1) is 29.0 Å². The number of rotatable bonds is 4. The summed E-state index contributed by atoms with van der Waals surface area (Å²) in [5.41, 5.74) is 0.915. The van der Waals surface area contributed by atoms with Crippen LogP contribution in [0.25, 0.3) is 22.3 Å². The first kappa shape index (κ1) is 22.2. The van der Waals surface area contributed by atoms with Crippen molar-refractivity contribution in [3.63, 3.8) is 0 Å². The molecule has 10 heteroatoms. The van der Waals surface area contributed by atoms with E-state index in [0.29, 0.717) is 39.0 Å². The third-order valence-corrected chi connectivity index (χ3v) is 6.75. The molecule has 0 radical (unpaired) electrons. The number of fused-ring (bicyclic) bond motifs is 5. The van der Waals surface area contributed by atoms with Gasteiger partial charge in [0.1, 0.15) is 19.0 Å². The molecule has 1 atom stereocenters. The quantitative estimate of drug-likeness (QED) is 0.384. The van der Waals surface area contributed by atoms with E-state index in [2.05, 4.69) is 10.3 Å². The highest BCUT2D eigenvalue weighted by molar-refractivity contribution is 5.89. The van der Waals surface area contributed by atoms with Gasteiger partial charge in [-0.05, 0) is 36.6 Å². The molecule has 4 heterocycles. The number of cyclic esters (lactones) is 1. The molecule has 1 aromatic carbocycles. The molecule has 0 saturated carbocycles. The van der Waals surface area contributed by atoms with Crippen molar-refractivity contribution in [2.45, 2.75) is 45.6 Å². The summed E-state index contributed by atoms with van der Waals surface area (Å²) in [7, 11) is 0. The Kier molecular flexibility index (Phi) is 5.03. The number of hydrogen-bond acceptors (Lipinski definition) is 7. The molecule has 0 aliphatic carbocycles. The van der Waals surface area contributed by atoms with Gasteiger partial charge in [-0.1, -0.05) is 6.92 Å². The maximum Gasteiger partial charge on any atom is 0.343 e. The Morgan fingerprint density at radius 1 is 1.32 bits per heavy atom. The van der Waals surface area contributed by atoms with Crippen LogP contribution in [-0.4, -0.2) is 38.2 Å². The second-order valence-corrected chi connectivity index (χ2v) is 8.56. The number of aliphatic hydroxyl groups excluding tert-OH is 1. The van der Waals surface area contributed by atoms with Gasteiger partial charge < -0.3 is 24.8 Å². The highest BCUT2D eigenvalue weighted by atomic mass is 19.1. The molecule has 0 saturated heterocycles. The van der Waals surface area contributed by atoms with Crippen molar-refractivity contribution in [1.82, 2.24) is 14.9 Å². The maximum absolute atomic E-state index is 14.7. The molecular formula is C24H22FN3O6. The van der Waals surface area contributed by atoms with Crippen LogP contribution in [0.15, 0.2) is 23.0 Å². The van der Waals surface area contributed by atoms with Crippen molar-refractivity contribution in [2.75, 3.05) is 6.61 Å². The lowest BCUT2D eigenvalue weighted by molar-refractivity contribution is -0.172. The van der Waals surface area contributed by atoms with Gasteiger partial charge in [-0.15, -0.1) is 0 Å². The van der Waals surface area contributed by atoms with E-state index in [1.54, 1.807) is 19.9 Å². The first-order chi connectivity index (χ1) is 16.2. The number of carbonyl (C=O) groups is 2. The Bertz CT molecular complexity index is 1460. The zero-order valence-electron chi connectivity index (χ0n) is 18.6. The van der Waals surface area contributed by atoms with Gasteiger partial charge in [-0.3, -0.25) is 9.59 Å². The van der Waals surface area contributed by atoms with E-state index in [1.165, 1.54) is 10.6 Å². The molecule has 3 N–H and O–H groups in total. The Morgan fingerprint density at radius 3 is 2.79 bits per heavy atom. The zero-order chi connectivity index (χ0) is 24.4. The van der Waals surface area contributed by atoms with Crippen molar-refractivity contribution in [1.29, 1.82) is 0 Å². The molecule has 5 rings (SSSR count). The fourth-order valence-corrected chi connectivity index (χ4v) is 4.73. The average molecular weight is 467 g/mol. The molecule has 0 fully saturated rings. The Balaban J connectivity index is 1.70. The lowest BCUT2D eigenvalue weighted by Crippen LogP contribution is -2.44. The van der Waals surface area contributed by atoms with Crippen LogP contribution in [0.3, 0.4) is 0 Å². The SMILES string of the molecule is CC[C@@]1(O)C(=O)OCc2c1cc1n(c2=O)Cc2cc3c(CNC(=O)CO)c(C)c(F)cc3nc2-1. The monoisotopic (exact) mass is 467 g/mol. The number of hydrogen-bond donors (Lipinski definition) is 3. The lowest BCUT2D eigenvalue weighted by Gasteiger charge is -2.31. The number of pyridine rings is 2. The molecule has 34 heavy (non-hydrogen) atoms. The maximum atomic E-state index is 14.7. The topological polar surface area (TPSA) is 131 Å². The van der Waals surface area contributed by atoms with Gasteiger partial charge in [0.15, 0.2) is 5.60 Å². The minimum absolute atomic E-state index is 0.00410. The fraction of sp³-hybridized carbons (Fsp3) is 0.333. The van der Waals surface area contributed by atoms with Crippen LogP contribution in [0, 0.1) is 12.7 Å². The van der Waals surface area contributed by atoms with Crippen LogP contribution >= 0.6 is 0 Å². The van der Waals surface area contributed by atoms with E-state index in [4.69, 9.17) is 9.84 Å². The number of halogens is 1. The fourth-order valence-electron chi connectivity index (χ4n) is 4.73. The van der Waals surface area contributed by atoms with E-state index in [9.17, 15) is 23.9 Å². The number of nitrogens with zero attached hydrogens (tertiary/aromatic N) is 2. The molecule has 0 bridgehead atoms. The molecule has 2 aliphatic heterocycles. The highest BCUT2D eigenvalue weighted by Gasteiger charge is 2.45. The Labute approximate surface area is 192 Å². The summed E-state index contributed by atoms with van der Waals surface area (Å²) in [6.45, 7) is 2.53. The van der Waals surface area contributed by atoms with E-state index in [-0.39, 0.29) is 42.8 Å². The molecule has 176 valence electrons. The lowest BCUT2D eigenvalue weighted by atomic mass is 9.86. The van der Waals surface area contributed by atoms with Gasteiger partial charge in [0, 0.05) is 29.1 Å². The highest BCUT2D eigenvalue weighted by Crippen LogP contribution is 2.39. The largest absolute Gasteiger partial charge is 0.458 e. The molecule has 0 unspecified atom stereocenters. The van der Waals surface area contributed by atoms with Gasteiger partial charge in [-0.2, -0.15) is 0 Å². The Hall–Kier alpha value is -3.63. The number of nitrogens with one attached hydrogen (secondary N) is 1. The summed E-state index contributed by atoms with van der Waals surface area (Å²) in [5.74, 6) is -1.89. The van der Waals surface area contributed by atoms with E-state index >= 15 is 0 Å². The Morgan fingerprint density at radius 2 is 2.09 bits per heavy atom. The van der Waals surface area contributed by atoms with Crippen LogP contribution in [0.1, 0.15) is 41.2 Å². The van der Waals surface area contributed by atoms with Crippen molar-refractivity contribution in [3.05, 3.63) is 62.2 Å². The third-order valence-electron chi connectivity index (χ3n) is 6.75. The summed E-state index contributed by atoms with van der Waals surface area (Å²) in [6, 6.07) is 4.70. The number of esters is 1. The summed E-state index contributed by atoms with van der Waals surface area (Å²) < 4.78 is 21.3. The van der Waals surface area contributed by atoms with Gasteiger partial charge in [0.25, 0.3) is 5.56 Å². The van der Waals surface area contributed by atoms with Gasteiger partial charge >= 0.3 is 5.97 Å². The number of benzene rings is 1. The van der Waals surface area contributed by atoms with E-state index in [1.807, 2.05) is 6.07 Å². The molecule has 2 aromatic heterocycles. The molecule has 3 aromatic rings. The van der Waals surface area contributed by atoms with Crippen LogP contribution in [0.5, 0.6) is 0 Å². The smallest absolute Gasteiger partial charge is 0.343 e. The van der Waals surface area contributed by atoms with Gasteiger partial charge in [-0.25, -0.2) is 14.2 Å². The molecular weight excluding hydrogens is 445 g/mol. The van der Waals surface area contributed by atoms with Crippen LogP contribution in [-0.2, 0) is 39.6 Å². The van der Waals surface area contributed by atoms with Crippen LogP contribution in [0.2, 0.25) is 0 Å². The summed E-state index contributed by atoms with van der Waals surface area (Å²) in [4.78, 5) is 41.7. The average Bonchev–Trinajstić information content (AvgIpc) is 3.18. The van der Waals surface area contributed by atoms with E-state index in [0.717, 1.165) is 0 Å². The summed E-state index contributed by atoms with van der Waals surface area (Å²) in [5, 5.41) is 23.1. The van der Waals surface area contributed by atoms with Crippen molar-refractivity contribution >= 4 is 22.8 Å². The third kappa shape index (κ3) is 3.06. The summed E-state index contributed by atoms with van der Waals surface area (Å²) in [6.07, 6.45) is 0.0349. The minimum atomic E-state index is -1.93. The van der Waals surface area contributed by atoms with Crippen molar-refractivity contribution < 1.29 is 28.9 Å². The van der Waals surface area contributed by atoms with Crippen molar-refractivity contribution in [2.24, 2.45) is 0 Å². The molecule has 2 aliphatic rings. The normalized spacial score (nSPS) is 18.3. The number of ether oxygens (including phenoxy) is 1. The second-order valence-electron chi connectivity index (χ2n) is 8.56. The summed E-state index contributed by atoms with van der Waals surface area (Å²) >= 11 is 0. The number of carbonyl (C=O) groups excluding carboxylic acids is 2. The van der Waals surface area contributed by atoms with Crippen LogP contribution < -0.4 is 10.9 Å². The van der Waals surface area contributed by atoms with Crippen molar-refractivity contribution in [3.8, 4) is 11.4 Å². The van der Waals surface area contributed by atoms with E-state index < -0.39 is 29.9 Å². The number of aliphatic hydroxyl groups is 2. The molecule has 0 spiro atoms. The minimum Gasteiger partial charge on any atom is -0.458 e. The second kappa shape index (κ2) is 7.71. The molecule has 9 nitrogen and oxygen atoms in total. The van der Waals surface area contributed by atoms with Crippen LogP contribution in [0.4, 0.5) is 4.39 Å².